The van der Waals surface area contributed by atoms with Gasteiger partial charge in [-0.25, -0.2) is 4.79 Å². The van der Waals surface area contributed by atoms with Crippen LogP contribution < -0.4 is 0 Å². The van der Waals surface area contributed by atoms with Crippen LogP contribution in [0.4, 0.5) is 4.79 Å². The highest BCUT2D eigenvalue weighted by molar-refractivity contribution is 5.65. The maximum absolute atomic E-state index is 11.0. The second-order valence-electron chi connectivity index (χ2n) is 4.63. The minimum absolute atomic E-state index is 0.0963. The first-order valence-corrected chi connectivity index (χ1v) is 5.09. The number of hydrogen-bond donors (Lipinski definition) is 2. The molecule has 0 aromatic rings. The molecule has 0 atom stereocenters. The number of aliphatic hydroxyl groups is 1. The predicted octanol–water partition coefficient (Wildman–Crippen LogP) is 0.689. The molecule has 0 aromatic carbocycles. The number of carbonyl (C=O) groups is 1. The Morgan fingerprint density at radius 2 is 1.73 bits per heavy atom. The Hall–Kier alpha value is -0.810. The largest absolute Gasteiger partial charge is 0.465 e. The lowest BCUT2D eigenvalue weighted by Crippen LogP contribution is -2.48. The molecule has 15 heavy (non-hydrogen) atoms. The van der Waals surface area contributed by atoms with Gasteiger partial charge in [0.15, 0.2) is 0 Å². The molecular formula is C10H22N2O3. The van der Waals surface area contributed by atoms with Crippen molar-refractivity contribution in [3.8, 4) is 0 Å². The number of aliphatic hydroxyl groups excluding tert-OH is 1. The van der Waals surface area contributed by atoms with Gasteiger partial charge in [-0.15, -0.1) is 0 Å². The van der Waals surface area contributed by atoms with E-state index in [1.165, 1.54) is 4.90 Å². The number of rotatable bonds is 5. The number of nitrogens with zero attached hydrogens (tertiary/aromatic N) is 2. The molecule has 0 aliphatic carbocycles. The molecule has 0 saturated carbocycles. The summed E-state index contributed by atoms with van der Waals surface area (Å²) in [6, 6.07) is 0. The quantitative estimate of drug-likeness (QED) is 0.712. The second-order valence-corrected chi connectivity index (χ2v) is 4.63. The van der Waals surface area contributed by atoms with E-state index in [2.05, 4.69) is 0 Å². The van der Waals surface area contributed by atoms with Gasteiger partial charge in [0.05, 0.1) is 6.61 Å². The Morgan fingerprint density at radius 1 is 1.20 bits per heavy atom. The molecule has 0 aromatic heterocycles. The van der Waals surface area contributed by atoms with Crippen LogP contribution in [0.2, 0.25) is 0 Å². The summed E-state index contributed by atoms with van der Waals surface area (Å²) in [5.41, 5.74) is -0.383. The summed E-state index contributed by atoms with van der Waals surface area (Å²) < 4.78 is 0. The van der Waals surface area contributed by atoms with Crippen molar-refractivity contribution in [1.82, 2.24) is 9.80 Å². The van der Waals surface area contributed by atoms with E-state index in [-0.39, 0.29) is 12.1 Å². The molecule has 0 radical (unpaired) electrons. The molecule has 0 fully saturated rings. The summed E-state index contributed by atoms with van der Waals surface area (Å²) in [4.78, 5) is 14.3. The molecule has 0 aliphatic rings. The molecule has 90 valence electrons. The van der Waals surface area contributed by atoms with Crippen molar-refractivity contribution in [3.63, 3.8) is 0 Å². The normalized spacial score (nSPS) is 11.9. The lowest BCUT2D eigenvalue weighted by atomic mass is 10.1. The minimum Gasteiger partial charge on any atom is -0.465 e. The fourth-order valence-electron chi connectivity index (χ4n) is 1.27. The van der Waals surface area contributed by atoms with E-state index in [4.69, 9.17) is 10.2 Å². The van der Waals surface area contributed by atoms with Crippen molar-refractivity contribution in [2.45, 2.75) is 26.3 Å². The van der Waals surface area contributed by atoms with Gasteiger partial charge < -0.3 is 20.0 Å². The highest BCUT2D eigenvalue weighted by Gasteiger charge is 2.25. The first-order valence-electron chi connectivity index (χ1n) is 5.09. The van der Waals surface area contributed by atoms with Gasteiger partial charge in [0.2, 0.25) is 0 Å². The van der Waals surface area contributed by atoms with Crippen LogP contribution in [0, 0.1) is 0 Å². The zero-order valence-corrected chi connectivity index (χ0v) is 10.0. The van der Waals surface area contributed by atoms with Crippen LogP contribution in [0.25, 0.3) is 0 Å². The summed E-state index contributed by atoms with van der Waals surface area (Å²) in [7, 11) is 1.86. The van der Waals surface area contributed by atoms with Gasteiger partial charge in [-0.05, 0) is 27.8 Å². The van der Waals surface area contributed by atoms with E-state index in [9.17, 15) is 4.79 Å². The van der Waals surface area contributed by atoms with Gasteiger partial charge in [0.1, 0.15) is 0 Å². The zero-order chi connectivity index (χ0) is 12.1. The molecular weight excluding hydrogens is 196 g/mol. The molecule has 0 aliphatic heterocycles. The van der Waals surface area contributed by atoms with E-state index in [0.29, 0.717) is 19.6 Å². The summed E-state index contributed by atoms with van der Waals surface area (Å²) in [6.07, 6.45) is -0.903. The van der Waals surface area contributed by atoms with Crippen LogP contribution in [-0.2, 0) is 0 Å². The Bertz CT molecular complexity index is 201. The highest BCUT2D eigenvalue weighted by atomic mass is 16.4. The first kappa shape index (κ1) is 14.2. The van der Waals surface area contributed by atoms with Gasteiger partial charge in [0.25, 0.3) is 0 Å². The van der Waals surface area contributed by atoms with Crippen molar-refractivity contribution in [3.05, 3.63) is 0 Å². The zero-order valence-electron chi connectivity index (χ0n) is 10.0. The maximum atomic E-state index is 11.0. The maximum Gasteiger partial charge on any atom is 0.407 e. The van der Waals surface area contributed by atoms with E-state index < -0.39 is 6.09 Å². The minimum atomic E-state index is -0.903. The molecule has 0 unspecified atom stereocenters. The fraction of sp³-hybridized carbons (Fsp3) is 0.900. The Balaban J connectivity index is 4.15. The third-order valence-corrected chi connectivity index (χ3v) is 2.23. The molecule has 0 rings (SSSR count). The fourth-order valence-corrected chi connectivity index (χ4v) is 1.27. The number of amides is 1. The number of carboxylic acid groups (broad SMARTS) is 1. The Kier molecular flexibility index (Phi) is 5.60. The topological polar surface area (TPSA) is 64.0 Å². The highest BCUT2D eigenvalue weighted by Crippen LogP contribution is 2.12. The van der Waals surface area contributed by atoms with Gasteiger partial charge in [-0.1, -0.05) is 0 Å². The number of hydrogen-bond acceptors (Lipinski definition) is 3. The van der Waals surface area contributed by atoms with Crippen molar-refractivity contribution in [2.75, 3.05) is 33.3 Å². The summed E-state index contributed by atoms with van der Waals surface area (Å²) in [6.45, 7) is 7.35. The van der Waals surface area contributed by atoms with E-state index in [1.807, 2.05) is 32.7 Å². The summed E-state index contributed by atoms with van der Waals surface area (Å²) in [5.74, 6) is 0. The third kappa shape index (κ3) is 5.59. The molecule has 2 N–H and O–H groups in total. The van der Waals surface area contributed by atoms with Crippen molar-refractivity contribution in [2.24, 2.45) is 0 Å². The van der Waals surface area contributed by atoms with Gasteiger partial charge in [-0.3, -0.25) is 0 Å². The second kappa shape index (κ2) is 5.92. The molecule has 5 heteroatoms. The van der Waals surface area contributed by atoms with E-state index >= 15 is 0 Å². The van der Waals surface area contributed by atoms with Gasteiger partial charge in [0, 0.05) is 25.2 Å². The molecule has 0 heterocycles. The summed E-state index contributed by atoms with van der Waals surface area (Å²) >= 11 is 0. The third-order valence-electron chi connectivity index (χ3n) is 2.23. The molecule has 1 amide bonds. The lowest BCUT2D eigenvalue weighted by molar-refractivity contribution is 0.0917. The van der Waals surface area contributed by atoms with Crippen LogP contribution in [0.1, 0.15) is 20.8 Å². The van der Waals surface area contributed by atoms with E-state index in [1.54, 1.807) is 0 Å². The Labute approximate surface area is 91.3 Å². The van der Waals surface area contributed by atoms with Crippen molar-refractivity contribution < 1.29 is 15.0 Å². The average Bonchev–Trinajstić information content (AvgIpc) is 2.01. The molecule has 5 nitrogen and oxygen atoms in total. The van der Waals surface area contributed by atoms with Crippen molar-refractivity contribution in [1.29, 1.82) is 0 Å². The van der Waals surface area contributed by atoms with Crippen molar-refractivity contribution >= 4 is 6.09 Å². The van der Waals surface area contributed by atoms with E-state index in [0.717, 1.165) is 0 Å². The number of likely N-dealkylation sites (N-methyl/N-ethyl adjacent to an activating group) is 1. The molecule has 0 saturated heterocycles. The lowest BCUT2D eigenvalue weighted by Gasteiger charge is -2.34. The SMILES string of the molecule is CN(CCO)CCN(C(=O)O)C(C)(C)C. The summed E-state index contributed by atoms with van der Waals surface area (Å²) in [5, 5.41) is 17.7. The standard InChI is InChI=1S/C10H22N2O3/c1-10(2,3)12(9(14)15)6-5-11(4)7-8-13/h13H,5-8H2,1-4H3,(H,14,15). The monoisotopic (exact) mass is 218 g/mol. The van der Waals surface area contributed by atoms with Crippen LogP contribution in [-0.4, -0.2) is 64.9 Å². The smallest absolute Gasteiger partial charge is 0.407 e. The van der Waals surface area contributed by atoms with Crippen LogP contribution in [0.3, 0.4) is 0 Å². The van der Waals surface area contributed by atoms with Crippen LogP contribution >= 0.6 is 0 Å². The van der Waals surface area contributed by atoms with Crippen LogP contribution in [0.15, 0.2) is 0 Å². The predicted molar refractivity (Wildman–Crippen MR) is 59.1 cm³/mol. The first-order chi connectivity index (χ1) is 6.79. The average molecular weight is 218 g/mol. The molecule has 0 spiro atoms. The van der Waals surface area contributed by atoms with Gasteiger partial charge in [-0.2, -0.15) is 0 Å². The van der Waals surface area contributed by atoms with Crippen LogP contribution in [0.5, 0.6) is 0 Å². The molecule has 0 bridgehead atoms. The Morgan fingerprint density at radius 3 is 2.07 bits per heavy atom. The van der Waals surface area contributed by atoms with Gasteiger partial charge >= 0.3 is 6.09 Å².